The molecule has 0 aromatic heterocycles. The summed E-state index contributed by atoms with van der Waals surface area (Å²) in [6, 6.07) is 4.40. The number of ether oxygens (including phenoxy) is 1. The summed E-state index contributed by atoms with van der Waals surface area (Å²) >= 11 is 0. The molecule has 0 atom stereocenters. The molecule has 0 radical (unpaired) electrons. The second-order valence-electron chi connectivity index (χ2n) is 3.13. The first-order valence-electron chi connectivity index (χ1n) is 5.57. The van der Waals surface area contributed by atoms with Gasteiger partial charge in [0.2, 0.25) is 0 Å². The van der Waals surface area contributed by atoms with Gasteiger partial charge in [0.25, 0.3) is 0 Å². The third-order valence-corrected chi connectivity index (χ3v) is 1.94. The Morgan fingerprint density at radius 1 is 1.17 bits per heavy atom. The van der Waals surface area contributed by atoms with E-state index in [1.807, 2.05) is 13.8 Å². The third-order valence-electron chi connectivity index (χ3n) is 1.94. The Morgan fingerprint density at radius 3 is 2.22 bits per heavy atom. The normalized spacial score (nSPS) is 10.1. The van der Waals surface area contributed by atoms with Gasteiger partial charge in [-0.15, -0.1) is 0 Å². The van der Waals surface area contributed by atoms with Crippen LogP contribution < -0.4 is 21.9 Å². The smallest absolute Gasteiger partial charge is 0.136 e. The van der Waals surface area contributed by atoms with Gasteiger partial charge < -0.3 is 21.9 Å². The van der Waals surface area contributed by atoms with E-state index in [4.69, 9.17) is 21.9 Å². The largest absolute Gasteiger partial charge is 0.497 e. The van der Waals surface area contributed by atoms with Gasteiger partial charge in [-0.2, -0.15) is 0 Å². The minimum Gasteiger partial charge on any atom is -0.497 e. The van der Waals surface area contributed by atoms with Crippen LogP contribution in [0.3, 0.4) is 0 Å². The topological polar surface area (TPSA) is 87.3 Å². The molecule has 0 saturated heterocycles. The Labute approximate surface area is 107 Å². The van der Waals surface area contributed by atoms with Crippen LogP contribution in [-0.2, 0) is 0 Å². The average Bonchev–Trinajstić information content (AvgIpc) is 2.38. The highest BCUT2D eigenvalue weighted by Crippen LogP contribution is 2.19. The first-order chi connectivity index (χ1) is 8.54. The highest BCUT2D eigenvalue weighted by molar-refractivity contribution is 5.65. The average molecular weight is 253 g/mol. The van der Waals surface area contributed by atoms with Crippen molar-refractivity contribution >= 4 is 5.70 Å². The fourth-order valence-corrected chi connectivity index (χ4v) is 1.13. The van der Waals surface area contributed by atoms with Gasteiger partial charge >= 0.3 is 0 Å². The van der Waals surface area contributed by atoms with E-state index in [2.05, 4.69) is 0 Å². The molecule has 0 aliphatic carbocycles. The Bertz CT molecular complexity index is 438. The molecule has 1 rings (SSSR count). The Morgan fingerprint density at radius 2 is 1.78 bits per heavy atom. The fourth-order valence-electron chi connectivity index (χ4n) is 1.13. The van der Waals surface area contributed by atoms with Gasteiger partial charge in [-0.05, 0) is 24.3 Å². The number of nitrogens with two attached hydrogens (primary N) is 3. The molecule has 0 bridgehead atoms. The van der Waals surface area contributed by atoms with Gasteiger partial charge in [-0.25, -0.2) is 4.39 Å². The Hall–Kier alpha value is -2.17. The first-order valence-corrected chi connectivity index (χ1v) is 5.57. The van der Waals surface area contributed by atoms with Gasteiger partial charge in [0.1, 0.15) is 11.6 Å². The van der Waals surface area contributed by atoms with Gasteiger partial charge in [0.15, 0.2) is 0 Å². The molecule has 5 heteroatoms. The summed E-state index contributed by atoms with van der Waals surface area (Å²) in [7, 11) is 1.46. The number of methoxy groups -OCH3 is 1. The lowest BCUT2D eigenvalue weighted by Gasteiger charge is -2.05. The third kappa shape index (κ3) is 4.78. The summed E-state index contributed by atoms with van der Waals surface area (Å²) in [6.45, 7) is 4.00. The molecule has 0 fully saturated rings. The SMILES string of the molecule is CC.COc1ccc(/C(N)=C/C=C(N)N)c(F)c1. The quantitative estimate of drug-likeness (QED) is 0.718. The number of allylic oxidation sites excluding steroid dienone is 2. The lowest BCUT2D eigenvalue weighted by atomic mass is 10.1. The lowest BCUT2D eigenvalue weighted by Crippen LogP contribution is -2.07. The molecule has 0 aliphatic rings. The van der Waals surface area contributed by atoms with Crippen molar-refractivity contribution in [1.82, 2.24) is 0 Å². The van der Waals surface area contributed by atoms with Crippen molar-refractivity contribution in [2.45, 2.75) is 13.8 Å². The van der Waals surface area contributed by atoms with Crippen molar-refractivity contribution in [1.29, 1.82) is 0 Å². The Kier molecular flexibility index (Phi) is 7.04. The van der Waals surface area contributed by atoms with E-state index in [9.17, 15) is 4.39 Å². The van der Waals surface area contributed by atoms with Crippen LogP contribution in [0, 0.1) is 5.82 Å². The van der Waals surface area contributed by atoms with Crippen LogP contribution in [0.15, 0.2) is 36.2 Å². The molecule has 18 heavy (non-hydrogen) atoms. The number of hydrogen-bond acceptors (Lipinski definition) is 4. The van der Waals surface area contributed by atoms with E-state index < -0.39 is 5.82 Å². The summed E-state index contributed by atoms with van der Waals surface area (Å²) in [5.74, 6) is 0.0805. The standard InChI is InChI=1S/C11H14FN3O.C2H6/c1-16-7-2-3-8(9(12)6-7)10(13)4-5-11(14)15;1-2/h2-6H,13-15H2,1H3;1-2H3/b10-4-;. The van der Waals surface area contributed by atoms with E-state index >= 15 is 0 Å². The molecular weight excluding hydrogens is 233 g/mol. The van der Waals surface area contributed by atoms with Crippen LogP contribution in [0.1, 0.15) is 19.4 Å². The maximum absolute atomic E-state index is 13.5. The van der Waals surface area contributed by atoms with Crippen molar-refractivity contribution in [2.75, 3.05) is 7.11 Å². The monoisotopic (exact) mass is 253 g/mol. The predicted molar refractivity (Wildman–Crippen MR) is 72.9 cm³/mol. The lowest BCUT2D eigenvalue weighted by molar-refractivity contribution is 0.411. The molecule has 0 heterocycles. The second-order valence-corrected chi connectivity index (χ2v) is 3.13. The summed E-state index contributed by atoms with van der Waals surface area (Å²) in [6.07, 6.45) is 2.85. The second kappa shape index (κ2) is 8.00. The van der Waals surface area contributed by atoms with Crippen LogP contribution in [0.5, 0.6) is 5.75 Å². The van der Waals surface area contributed by atoms with Crippen LogP contribution in [-0.4, -0.2) is 7.11 Å². The molecule has 1 aromatic carbocycles. The van der Waals surface area contributed by atoms with Crippen LogP contribution >= 0.6 is 0 Å². The number of halogens is 1. The number of rotatable bonds is 3. The molecule has 1 aromatic rings. The minimum absolute atomic E-state index is 0.108. The van der Waals surface area contributed by atoms with Crippen LogP contribution in [0.2, 0.25) is 0 Å². The van der Waals surface area contributed by atoms with E-state index in [1.165, 1.54) is 31.4 Å². The zero-order chi connectivity index (χ0) is 14.1. The minimum atomic E-state index is -0.461. The first kappa shape index (κ1) is 15.8. The summed E-state index contributed by atoms with van der Waals surface area (Å²) in [4.78, 5) is 0. The maximum Gasteiger partial charge on any atom is 0.136 e. The van der Waals surface area contributed by atoms with E-state index in [0.717, 1.165) is 0 Å². The predicted octanol–water partition coefficient (Wildman–Crippen LogP) is 1.92. The maximum atomic E-state index is 13.5. The summed E-state index contributed by atoms with van der Waals surface area (Å²) in [5.41, 5.74) is 16.6. The van der Waals surface area contributed by atoms with Crippen molar-refractivity contribution in [3.8, 4) is 5.75 Å². The van der Waals surface area contributed by atoms with Gasteiger partial charge in [-0.3, -0.25) is 0 Å². The van der Waals surface area contributed by atoms with Crippen molar-refractivity contribution in [3.63, 3.8) is 0 Å². The number of benzene rings is 1. The van der Waals surface area contributed by atoms with Crippen molar-refractivity contribution in [3.05, 3.63) is 47.6 Å². The van der Waals surface area contributed by atoms with E-state index in [0.29, 0.717) is 5.75 Å². The molecule has 100 valence electrons. The van der Waals surface area contributed by atoms with Crippen molar-refractivity contribution in [2.24, 2.45) is 17.2 Å². The summed E-state index contributed by atoms with van der Waals surface area (Å²) in [5, 5.41) is 0. The highest BCUT2D eigenvalue weighted by atomic mass is 19.1. The van der Waals surface area contributed by atoms with Gasteiger partial charge in [-0.1, -0.05) is 13.8 Å². The van der Waals surface area contributed by atoms with E-state index in [1.54, 1.807) is 6.07 Å². The molecular formula is C13H20FN3O. The molecule has 6 N–H and O–H groups in total. The van der Waals surface area contributed by atoms with Crippen LogP contribution in [0.25, 0.3) is 5.70 Å². The molecule has 0 saturated carbocycles. The molecule has 0 amide bonds. The molecule has 4 nitrogen and oxygen atoms in total. The van der Waals surface area contributed by atoms with Crippen molar-refractivity contribution < 1.29 is 9.13 Å². The Balaban J connectivity index is 0.00000137. The number of hydrogen-bond donors (Lipinski definition) is 3. The highest BCUT2D eigenvalue weighted by Gasteiger charge is 2.05. The van der Waals surface area contributed by atoms with Gasteiger partial charge in [0.05, 0.1) is 12.9 Å². The summed E-state index contributed by atoms with van der Waals surface area (Å²) < 4.78 is 18.4. The van der Waals surface area contributed by atoms with Gasteiger partial charge in [0, 0.05) is 17.3 Å². The molecule has 0 spiro atoms. The fraction of sp³-hybridized carbons (Fsp3) is 0.231. The van der Waals surface area contributed by atoms with E-state index in [-0.39, 0.29) is 17.1 Å². The molecule has 0 aliphatic heterocycles. The zero-order valence-electron chi connectivity index (χ0n) is 10.9. The zero-order valence-corrected chi connectivity index (χ0v) is 10.9. The molecule has 0 unspecified atom stereocenters. The van der Waals surface area contributed by atoms with Crippen LogP contribution in [0.4, 0.5) is 4.39 Å².